The standard InChI is InChI=1S/C17H21NO4/c1-12-17(20)18(14-9-5-6-10-15(14)21-12)11-16(19)22-13-7-3-2-4-8-13/h5-6,9-10,12-13H,2-4,7-8,11H2,1H3/t12-/m1/s1. The van der Waals surface area contributed by atoms with Crippen molar-refractivity contribution < 1.29 is 19.1 Å². The number of ether oxygens (including phenoxy) is 2. The SMILES string of the molecule is C[C@H]1Oc2ccccc2N(CC(=O)OC2CCCCC2)C1=O. The summed E-state index contributed by atoms with van der Waals surface area (Å²) in [6.07, 6.45) is 4.69. The van der Waals surface area contributed by atoms with Gasteiger partial charge in [-0.1, -0.05) is 18.6 Å². The van der Waals surface area contributed by atoms with E-state index in [1.54, 1.807) is 19.1 Å². The minimum atomic E-state index is -0.586. The van der Waals surface area contributed by atoms with Crippen LogP contribution in [0.2, 0.25) is 0 Å². The van der Waals surface area contributed by atoms with Crippen LogP contribution in [0, 0.1) is 0 Å². The minimum absolute atomic E-state index is 0.00469. The Morgan fingerprint density at radius 2 is 2.00 bits per heavy atom. The van der Waals surface area contributed by atoms with E-state index in [1.165, 1.54) is 11.3 Å². The first kappa shape index (κ1) is 14.9. The molecule has 0 aromatic heterocycles. The van der Waals surface area contributed by atoms with Crippen LogP contribution in [-0.2, 0) is 14.3 Å². The summed E-state index contributed by atoms with van der Waals surface area (Å²) < 4.78 is 11.1. The number of hydrogen-bond donors (Lipinski definition) is 0. The quantitative estimate of drug-likeness (QED) is 0.806. The molecular formula is C17H21NO4. The third-order valence-corrected chi connectivity index (χ3v) is 4.21. The molecule has 0 spiro atoms. The summed E-state index contributed by atoms with van der Waals surface area (Å²) in [7, 11) is 0. The van der Waals surface area contributed by atoms with Gasteiger partial charge in [-0.25, -0.2) is 0 Å². The van der Waals surface area contributed by atoms with Crippen molar-refractivity contribution in [1.29, 1.82) is 0 Å². The van der Waals surface area contributed by atoms with Crippen molar-refractivity contribution >= 4 is 17.6 Å². The van der Waals surface area contributed by atoms with E-state index in [4.69, 9.17) is 9.47 Å². The van der Waals surface area contributed by atoms with Crippen LogP contribution < -0.4 is 9.64 Å². The summed E-state index contributed by atoms with van der Waals surface area (Å²) in [5, 5.41) is 0. The maximum Gasteiger partial charge on any atom is 0.326 e. The predicted molar refractivity (Wildman–Crippen MR) is 81.9 cm³/mol. The lowest BCUT2D eigenvalue weighted by molar-refractivity contribution is -0.149. The molecule has 118 valence electrons. The Morgan fingerprint density at radius 1 is 1.27 bits per heavy atom. The van der Waals surface area contributed by atoms with Crippen molar-refractivity contribution in [3.05, 3.63) is 24.3 Å². The number of esters is 1. The largest absolute Gasteiger partial charge is 0.479 e. The van der Waals surface area contributed by atoms with Gasteiger partial charge in [0.05, 0.1) is 5.69 Å². The fourth-order valence-electron chi connectivity index (χ4n) is 3.06. The zero-order valence-corrected chi connectivity index (χ0v) is 12.8. The van der Waals surface area contributed by atoms with Crippen LogP contribution in [0.3, 0.4) is 0 Å². The normalized spacial score (nSPS) is 22.0. The number of carbonyl (C=O) groups is 2. The molecule has 0 N–H and O–H groups in total. The summed E-state index contributed by atoms with van der Waals surface area (Å²) in [6, 6.07) is 7.26. The molecular weight excluding hydrogens is 282 g/mol. The first-order valence-corrected chi connectivity index (χ1v) is 7.91. The summed E-state index contributed by atoms with van der Waals surface area (Å²) >= 11 is 0. The molecule has 5 heteroatoms. The molecule has 1 heterocycles. The van der Waals surface area contributed by atoms with E-state index < -0.39 is 6.10 Å². The smallest absolute Gasteiger partial charge is 0.326 e. The van der Waals surface area contributed by atoms with Crippen LogP contribution in [0.4, 0.5) is 5.69 Å². The molecule has 0 unspecified atom stereocenters. The highest BCUT2D eigenvalue weighted by molar-refractivity contribution is 6.02. The van der Waals surface area contributed by atoms with Crippen molar-refractivity contribution in [1.82, 2.24) is 0 Å². The van der Waals surface area contributed by atoms with Gasteiger partial charge in [-0.3, -0.25) is 14.5 Å². The average molecular weight is 303 g/mol. The second-order valence-corrected chi connectivity index (χ2v) is 5.90. The van der Waals surface area contributed by atoms with E-state index in [9.17, 15) is 9.59 Å². The molecule has 0 bridgehead atoms. The molecule has 1 fully saturated rings. The van der Waals surface area contributed by atoms with E-state index >= 15 is 0 Å². The molecule has 1 aliphatic carbocycles. The Hall–Kier alpha value is -2.04. The Morgan fingerprint density at radius 3 is 2.77 bits per heavy atom. The van der Waals surface area contributed by atoms with Crippen LogP contribution >= 0.6 is 0 Å². The third kappa shape index (κ3) is 3.08. The summed E-state index contributed by atoms with van der Waals surface area (Å²) in [5.74, 6) is 0.0727. The van der Waals surface area contributed by atoms with Crippen molar-refractivity contribution in [3.63, 3.8) is 0 Å². The van der Waals surface area contributed by atoms with Crippen molar-refractivity contribution in [2.75, 3.05) is 11.4 Å². The average Bonchev–Trinajstić information content (AvgIpc) is 2.53. The number of hydrogen-bond acceptors (Lipinski definition) is 4. The lowest BCUT2D eigenvalue weighted by Crippen LogP contribution is -2.47. The number of nitrogens with zero attached hydrogens (tertiary/aromatic N) is 1. The van der Waals surface area contributed by atoms with Crippen LogP contribution in [0.25, 0.3) is 0 Å². The molecule has 1 aromatic carbocycles. The van der Waals surface area contributed by atoms with Gasteiger partial charge in [0, 0.05) is 0 Å². The number of para-hydroxylation sites is 2. The fourth-order valence-corrected chi connectivity index (χ4v) is 3.06. The zero-order valence-electron chi connectivity index (χ0n) is 12.8. The van der Waals surface area contributed by atoms with Gasteiger partial charge >= 0.3 is 5.97 Å². The van der Waals surface area contributed by atoms with Gasteiger partial charge in [0.2, 0.25) is 0 Å². The molecule has 1 aliphatic heterocycles. The Labute approximate surface area is 130 Å². The number of benzene rings is 1. The summed E-state index contributed by atoms with van der Waals surface area (Å²) in [5.41, 5.74) is 0.631. The maximum absolute atomic E-state index is 12.3. The Bertz CT molecular complexity index is 566. The van der Waals surface area contributed by atoms with Crippen molar-refractivity contribution in [3.8, 4) is 5.75 Å². The van der Waals surface area contributed by atoms with Crippen LogP contribution in [0.5, 0.6) is 5.75 Å². The molecule has 1 saturated carbocycles. The first-order valence-electron chi connectivity index (χ1n) is 7.91. The summed E-state index contributed by atoms with van der Waals surface area (Å²) in [4.78, 5) is 26.0. The second-order valence-electron chi connectivity index (χ2n) is 5.90. The van der Waals surface area contributed by atoms with E-state index in [2.05, 4.69) is 0 Å². The van der Waals surface area contributed by atoms with Gasteiger partial charge in [-0.2, -0.15) is 0 Å². The molecule has 0 radical (unpaired) electrons. The van der Waals surface area contributed by atoms with Crippen LogP contribution in [0.1, 0.15) is 39.0 Å². The monoisotopic (exact) mass is 303 g/mol. The lowest BCUT2D eigenvalue weighted by Gasteiger charge is -2.32. The molecule has 3 rings (SSSR count). The number of carbonyl (C=O) groups excluding carboxylic acids is 2. The van der Waals surface area contributed by atoms with E-state index in [0.29, 0.717) is 11.4 Å². The summed E-state index contributed by atoms with van der Waals surface area (Å²) in [6.45, 7) is 1.64. The maximum atomic E-state index is 12.3. The minimum Gasteiger partial charge on any atom is -0.479 e. The number of amides is 1. The van der Waals surface area contributed by atoms with E-state index in [-0.39, 0.29) is 24.5 Å². The predicted octanol–water partition coefficient (Wildman–Crippen LogP) is 2.68. The molecule has 22 heavy (non-hydrogen) atoms. The number of rotatable bonds is 3. The van der Waals surface area contributed by atoms with Gasteiger partial charge < -0.3 is 9.47 Å². The highest BCUT2D eigenvalue weighted by atomic mass is 16.5. The van der Waals surface area contributed by atoms with Crippen LogP contribution in [0.15, 0.2) is 24.3 Å². The second kappa shape index (κ2) is 6.38. The zero-order chi connectivity index (χ0) is 15.5. The van der Waals surface area contributed by atoms with E-state index in [1.807, 2.05) is 12.1 Å². The molecule has 0 saturated heterocycles. The van der Waals surface area contributed by atoms with Crippen molar-refractivity contribution in [2.45, 2.75) is 51.2 Å². The van der Waals surface area contributed by atoms with Gasteiger partial charge in [0.1, 0.15) is 18.4 Å². The Kier molecular flexibility index (Phi) is 4.32. The Balaban J connectivity index is 1.70. The van der Waals surface area contributed by atoms with Gasteiger partial charge in [-0.15, -0.1) is 0 Å². The van der Waals surface area contributed by atoms with E-state index in [0.717, 1.165) is 25.7 Å². The van der Waals surface area contributed by atoms with Crippen molar-refractivity contribution in [2.24, 2.45) is 0 Å². The first-order chi connectivity index (χ1) is 10.6. The molecule has 1 atom stereocenters. The molecule has 5 nitrogen and oxygen atoms in total. The van der Waals surface area contributed by atoms with Gasteiger partial charge in [0.15, 0.2) is 6.10 Å². The fraction of sp³-hybridized carbons (Fsp3) is 0.529. The number of fused-ring (bicyclic) bond motifs is 1. The number of anilines is 1. The lowest BCUT2D eigenvalue weighted by atomic mass is 9.98. The molecule has 2 aliphatic rings. The highest BCUT2D eigenvalue weighted by Crippen LogP contribution is 2.33. The van der Waals surface area contributed by atoms with Gasteiger partial charge in [0.25, 0.3) is 5.91 Å². The molecule has 1 aromatic rings. The topological polar surface area (TPSA) is 55.8 Å². The van der Waals surface area contributed by atoms with Crippen LogP contribution in [-0.4, -0.2) is 30.6 Å². The molecule has 1 amide bonds. The highest BCUT2D eigenvalue weighted by Gasteiger charge is 2.33. The third-order valence-electron chi connectivity index (χ3n) is 4.21. The van der Waals surface area contributed by atoms with Gasteiger partial charge in [-0.05, 0) is 44.7 Å².